The van der Waals surface area contributed by atoms with Crippen LogP contribution in [0.4, 0.5) is 28.4 Å². The van der Waals surface area contributed by atoms with E-state index in [0.29, 0.717) is 53.0 Å². The second kappa shape index (κ2) is 25.7. The highest BCUT2D eigenvalue weighted by molar-refractivity contribution is 6.34. The minimum atomic E-state index is -0.735. The predicted octanol–water partition coefficient (Wildman–Crippen LogP) is 19.0. The molecule has 0 saturated heterocycles. The molecule has 1 unspecified atom stereocenters. The third-order valence-corrected chi connectivity index (χ3v) is 16.7. The Hall–Kier alpha value is -7.25. The van der Waals surface area contributed by atoms with Crippen LogP contribution in [-0.4, -0.2) is 28.4 Å². The molecule has 4 N–H and O–H groups in total. The van der Waals surface area contributed by atoms with Crippen LogP contribution in [0.2, 0.25) is 0 Å². The quantitative estimate of drug-likeness (QED) is 0.0365. The van der Waals surface area contributed by atoms with Crippen molar-refractivity contribution >= 4 is 40.0 Å². The van der Waals surface area contributed by atoms with Crippen LogP contribution in [0, 0.1) is 24.3 Å². The molecular weight excluding hydrogens is 959 g/mol. The molecule has 10 nitrogen and oxygen atoms in total. The first-order chi connectivity index (χ1) is 37.6. The van der Waals surface area contributed by atoms with Crippen molar-refractivity contribution < 1.29 is 34.0 Å². The number of benzene rings is 6. The Balaban J connectivity index is 1.07. The van der Waals surface area contributed by atoms with Gasteiger partial charge < -0.3 is 35.1 Å². The van der Waals surface area contributed by atoms with Crippen molar-refractivity contribution in [3.05, 3.63) is 154 Å². The number of hydrogen-bond acceptors (Lipinski definition) is 9. The molecule has 0 aliphatic heterocycles. The number of phenols is 2. The van der Waals surface area contributed by atoms with Crippen molar-refractivity contribution in [2.75, 3.05) is 17.2 Å². The number of unbranched alkanes of at least 4 members (excludes halogenated alkanes) is 3. The van der Waals surface area contributed by atoms with Crippen molar-refractivity contribution in [1.82, 2.24) is 0 Å². The van der Waals surface area contributed by atoms with Crippen molar-refractivity contribution in [1.29, 1.82) is 0 Å². The highest BCUT2D eigenvalue weighted by atomic mass is 16.5. The number of aromatic hydroxyl groups is 2. The minimum absolute atomic E-state index is 0.0392. The Kier molecular flexibility index (Phi) is 18.2. The van der Waals surface area contributed by atoms with Gasteiger partial charge in [0.2, 0.25) is 17.3 Å². The van der Waals surface area contributed by atoms with E-state index >= 15 is 9.59 Å². The number of phenolic OH excluding ortho intramolecular Hbond substituents is 2. The molecule has 2 fully saturated rings. The highest BCUT2D eigenvalue weighted by Gasteiger charge is 2.41. The van der Waals surface area contributed by atoms with Crippen LogP contribution in [0.25, 0.3) is 4.85 Å². The fourth-order valence-corrected chi connectivity index (χ4v) is 12.0. The molecule has 77 heavy (non-hydrogen) atoms. The zero-order valence-electron chi connectivity index (χ0n) is 45.6. The summed E-state index contributed by atoms with van der Waals surface area (Å²) in [5.74, 6) is 1.93. The molecule has 0 bridgehead atoms. The molecule has 1 atom stereocenters. The molecule has 10 heteroatoms. The van der Waals surface area contributed by atoms with Gasteiger partial charge in [0, 0.05) is 23.5 Å². The van der Waals surface area contributed by atoms with Crippen LogP contribution in [0.1, 0.15) is 198 Å². The van der Waals surface area contributed by atoms with E-state index < -0.39 is 23.1 Å². The standard InChI is InChI=1S/C67H77N3O7/c1-6-10-15-43(9-4)42-75-51-38-32-50(33-39-51)69-56-40-58(76-52-34-28-48(29-35-52)46-24-20-44(21-25-46)16-11-7-2)64(71)62-60(56)66(73)63-61(67(62)74)57(70-55-19-14-13-18-54(55)68-5)41-59(65(63)72)77-53-36-30-49(31-37-53)47-26-22-45(23-27-47)17-12-8-3/h13-14,18-19,28-41,43-47,69-72H,6-12,15-17,20-27,42H2,1-4H3. The number of nitrogens with zero attached hydrogens (tertiary/aromatic N) is 1. The highest BCUT2D eigenvalue weighted by Crippen LogP contribution is 2.52. The number of ether oxygens (including phenoxy) is 3. The van der Waals surface area contributed by atoms with Crippen LogP contribution < -0.4 is 24.8 Å². The van der Waals surface area contributed by atoms with Crippen LogP contribution >= 0.6 is 0 Å². The van der Waals surface area contributed by atoms with E-state index in [0.717, 1.165) is 63.2 Å². The largest absolute Gasteiger partial charge is 0.504 e. The van der Waals surface area contributed by atoms with Crippen LogP contribution in [0.15, 0.2) is 109 Å². The Morgan fingerprint density at radius 2 is 1.03 bits per heavy atom. The van der Waals surface area contributed by atoms with Gasteiger partial charge in [0.1, 0.15) is 17.2 Å². The summed E-state index contributed by atoms with van der Waals surface area (Å²) in [5, 5.41) is 31.2. The van der Waals surface area contributed by atoms with Crippen molar-refractivity contribution in [3.63, 3.8) is 0 Å². The maximum Gasteiger partial charge on any atom is 0.209 e. The zero-order chi connectivity index (χ0) is 53.8. The smallest absolute Gasteiger partial charge is 0.209 e. The minimum Gasteiger partial charge on any atom is -0.504 e. The van der Waals surface area contributed by atoms with Gasteiger partial charge in [-0.2, -0.15) is 0 Å². The Morgan fingerprint density at radius 3 is 1.49 bits per heavy atom. The summed E-state index contributed by atoms with van der Waals surface area (Å²) in [7, 11) is 0. The normalized spacial score (nSPS) is 18.4. The molecule has 3 aliphatic carbocycles. The van der Waals surface area contributed by atoms with Gasteiger partial charge in [-0.1, -0.05) is 128 Å². The second-order valence-electron chi connectivity index (χ2n) is 21.9. The molecule has 402 valence electrons. The van der Waals surface area contributed by atoms with Crippen molar-refractivity contribution in [3.8, 4) is 40.2 Å². The molecule has 0 heterocycles. The number of rotatable bonds is 23. The summed E-state index contributed by atoms with van der Waals surface area (Å²) in [5.41, 5.74) is 3.08. The monoisotopic (exact) mass is 1040 g/mol. The van der Waals surface area contributed by atoms with Gasteiger partial charge in [-0.25, -0.2) is 4.85 Å². The lowest BCUT2D eigenvalue weighted by atomic mass is 9.77. The first-order valence-electron chi connectivity index (χ1n) is 28.8. The van der Waals surface area contributed by atoms with E-state index in [-0.39, 0.29) is 50.8 Å². The lowest BCUT2D eigenvalue weighted by Gasteiger charge is -2.29. The molecule has 2 saturated carbocycles. The molecule has 9 rings (SSSR count). The Morgan fingerprint density at radius 1 is 0.558 bits per heavy atom. The number of ketones is 2. The molecule has 0 spiro atoms. The van der Waals surface area contributed by atoms with E-state index in [4.69, 9.17) is 20.8 Å². The summed E-state index contributed by atoms with van der Waals surface area (Å²) < 4.78 is 19.2. The van der Waals surface area contributed by atoms with Gasteiger partial charge in [-0.3, -0.25) is 9.59 Å². The predicted molar refractivity (Wildman–Crippen MR) is 309 cm³/mol. The molecule has 0 amide bonds. The van der Waals surface area contributed by atoms with E-state index in [1.165, 1.54) is 87.5 Å². The number of fused-ring (bicyclic) bond motifs is 2. The van der Waals surface area contributed by atoms with Gasteiger partial charge in [0.15, 0.2) is 23.0 Å². The van der Waals surface area contributed by atoms with Gasteiger partial charge in [0.05, 0.1) is 46.8 Å². The maximum absolute atomic E-state index is 15.5. The molecule has 3 aliphatic rings. The number of anilines is 4. The average molecular weight is 1040 g/mol. The van der Waals surface area contributed by atoms with E-state index in [9.17, 15) is 10.2 Å². The van der Waals surface area contributed by atoms with Gasteiger partial charge in [-0.05, 0) is 153 Å². The first-order valence-corrected chi connectivity index (χ1v) is 28.8. The number of nitrogens with one attached hydrogen (secondary N) is 2. The molecule has 6 aromatic rings. The number of para-hydroxylation sites is 2. The van der Waals surface area contributed by atoms with Crippen LogP contribution in [-0.2, 0) is 0 Å². The molecule has 6 aromatic carbocycles. The van der Waals surface area contributed by atoms with Gasteiger partial charge in [-0.15, -0.1) is 0 Å². The van der Waals surface area contributed by atoms with Crippen molar-refractivity contribution in [2.45, 2.75) is 155 Å². The van der Waals surface area contributed by atoms with Crippen molar-refractivity contribution in [2.24, 2.45) is 17.8 Å². The van der Waals surface area contributed by atoms with Gasteiger partial charge >= 0.3 is 0 Å². The number of carbonyl (C=O) groups is 2. The third kappa shape index (κ3) is 12.8. The number of carbonyl (C=O) groups excluding carboxylic acids is 2. The molecule has 0 aromatic heterocycles. The van der Waals surface area contributed by atoms with Crippen LogP contribution in [0.3, 0.4) is 0 Å². The van der Waals surface area contributed by atoms with Crippen LogP contribution in [0.5, 0.6) is 40.2 Å². The average Bonchev–Trinajstić information content (AvgIpc) is 3.50. The summed E-state index contributed by atoms with van der Waals surface area (Å²) >= 11 is 0. The van der Waals surface area contributed by atoms with E-state index in [1.807, 2.05) is 48.5 Å². The number of hydrogen-bond donors (Lipinski definition) is 4. The molecule has 0 radical (unpaired) electrons. The summed E-state index contributed by atoms with van der Waals surface area (Å²) in [6, 6.07) is 33.1. The third-order valence-electron chi connectivity index (χ3n) is 16.7. The zero-order valence-corrected chi connectivity index (χ0v) is 45.6. The van der Waals surface area contributed by atoms with E-state index in [1.54, 1.807) is 24.3 Å². The summed E-state index contributed by atoms with van der Waals surface area (Å²) in [6.07, 6.45) is 21.5. The topological polar surface area (TPSA) is 131 Å². The molecular formula is C67H77N3O7. The Labute approximate surface area is 456 Å². The maximum atomic E-state index is 15.5. The lowest BCUT2D eigenvalue weighted by Crippen LogP contribution is -2.24. The van der Waals surface area contributed by atoms with Gasteiger partial charge in [0.25, 0.3) is 0 Å². The lowest BCUT2D eigenvalue weighted by molar-refractivity contribution is 0.0974. The summed E-state index contributed by atoms with van der Waals surface area (Å²) in [4.78, 5) is 34.6. The van der Waals surface area contributed by atoms with E-state index in [2.05, 4.69) is 67.4 Å². The Bertz CT molecular complexity index is 3020. The SMILES string of the molecule is [C-]#[N+]c1ccccc1Nc1cc(Oc2ccc(C3CCC(CCCC)CC3)cc2)c(O)c2c1C(=O)c1c(O)c(Oc3ccc(C4CCC(CCCC)CC4)cc3)cc(Nc3ccc(OCC(CC)CCCC)cc3)c1C2=O. The fraction of sp³-hybridized carbons (Fsp3) is 0.418. The fourth-order valence-electron chi connectivity index (χ4n) is 12.0. The second-order valence-corrected chi connectivity index (χ2v) is 21.9. The summed E-state index contributed by atoms with van der Waals surface area (Å²) in [6.45, 7) is 17.4. The first kappa shape index (κ1) is 54.5.